The van der Waals surface area contributed by atoms with E-state index < -0.39 is 0 Å². The summed E-state index contributed by atoms with van der Waals surface area (Å²) in [6.45, 7) is 3.89. The molecule has 0 spiro atoms. The van der Waals surface area contributed by atoms with Crippen molar-refractivity contribution in [1.29, 1.82) is 0 Å². The van der Waals surface area contributed by atoms with E-state index in [0.717, 1.165) is 12.0 Å². The van der Waals surface area contributed by atoms with Gasteiger partial charge < -0.3 is 5.32 Å². The molecule has 2 atom stereocenters. The highest BCUT2D eigenvalue weighted by atomic mass is 79.9. The third-order valence-electron chi connectivity index (χ3n) is 2.29. The van der Waals surface area contributed by atoms with E-state index in [0.29, 0.717) is 0 Å². The molecule has 1 unspecified atom stereocenters. The molecule has 0 heterocycles. The van der Waals surface area contributed by atoms with Gasteiger partial charge in [0.15, 0.2) is 0 Å². The van der Waals surface area contributed by atoms with Crippen molar-refractivity contribution in [1.82, 2.24) is 5.32 Å². The van der Waals surface area contributed by atoms with Gasteiger partial charge in [-0.3, -0.25) is 4.79 Å². The average Bonchev–Trinajstić information content (AvgIpc) is 2.26. The van der Waals surface area contributed by atoms with Gasteiger partial charge >= 0.3 is 0 Å². The van der Waals surface area contributed by atoms with E-state index >= 15 is 0 Å². The Bertz CT molecular complexity index is 311. The molecule has 2 nitrogen and oxygen atoms in total. The lowest BCUT2D eigenvalue weighted by atomic mass is 10.0. The molecular formula is C12H16BrNO. The van der Waals surface area contributed by atoms with E-state index in [-0.39, 0.29) is 16.8 Å². The van der Waals surface area contributed by atoms with E-state index in [9.17, 15) is 4.79 Å². The molecule has 1 N–H and O–H groups in total. The Morgan fingerprint density at radius 2 is 2.00 bits per heavy atom. The lowest BCUT2D eigenvalue weighted by molar-refractivity contribution is -0.120. The minimum atomic E-state index is -0.143. The minimum Gasteiger partial charge on any atom is -0.348 e. The van der Waals surface area contributed by atoms with E-state index in [4.69, 9.17) is 0 Å². The van der Waals surface area contributed by atoms with E-state index in [2.05, 4.69) is 28.2 Å². The van der Waals surface area contributed by atoms with Crippen molar-refractivity contribution in [3.05, 3.63) is 35.9 Å². The maximum atomic E-state index is 11.5. The number of rotatable bonds is 4. The average molecular weight is 270 g/mol. The van der Waals surface area contributed by atoms with Crippen molar-refractivity contribution in [2.45, 2.75) is 31.1 Å². The van der Waals surface area contributed by atoms with Crippen LogP contribution in [0.5, 0.6) is 0 Å². The number of halogens is 1. The second-order valence-corrected chi connectivity index (χ2v) is 4.87. The monoisotopic (exact) mass is 269 g/mol. The molecule has 0 aliphatic heterocycles. The SMILES string of the molecule is CC[C@H](NC(=O)C(C)Br)c1ccccc1. The number of carbonyl (C=O) groups excluding carboxylic acids is 1. The van der Waals surface area contributed by atoms with Gasteiger partial charge in [0.05, 0.1) is 10.9 Å². The van der Waals surface area contributed by atoms with Crippen LogP contribution in [0.2, 0.25) is 0 Å². The minimum absolute atomic E-state index is 0.0331. The van der Waals surface area contributed by atoms with Crippen LogP contribution in [0.25, 0.3) is 0 Å². The molecule has 1 aromatic rings. The number of nitrogens with one attached hydrogen (secondary N) is 1. The molecule has 15 heavy (non-hydrogen) atoms. The van der Waals surface area contributed by atoms with Crippen LogP contribution >= 0.6 is 15.9 Å². The summed E-state index contributed by atoms with van der Waals surface area (Å²) in [5, 5.41) is 3.00. The Kier molecular flexibility index (Phi) is 4.82. The van der Waals surface area contributed by atoms with Crippen molar-refractivity contribution in [2.24, 2.45) is 0 Å². The normalized spacial score (nSPS) is 14.3. The third kappa shape index (κ3) is 3.67. The van der Waals surface area contributed by atoms with Gasteiger partial charge in [-0.1, -0.05) is 53.2 Å². The van der Waals surface area contributed by atoms with Crippen LogP contribution in [-0.4, -0.2) is 10.7 Å². The number of hydrogen-bond acceptors (Lipinski definition) is 1. The zero-order valence-corrected chi connectivity index (χ0v) is 10.6. The molecule has 1 amide bonds. The molecule has 0 saturated carbocycles. The van der Waals surface area contributed by atoms with Crippen molar-refractivity contribution in [2.75, 3.05) is 0 Å². The summed E-state index contributed by atoms with van der Waals surface area (Å²) < 4.78 is 0. The summed E-state index contributed by atoms with van der Waals surface area (Å²) in [5.74, 6) is 0.0331. The number of carbonyl (C=O) groups is 1. The van der Waals surface area contributed by atoms with Gasteiger partial charge in [-0.2, -0.15) is 0 Å². The Morgan fingerprint density at radius 3 is 2.47 bits per heavy atom. The Balaban J connectivity index is 2.69. The molecule has 0 radical (unpaired) electrons. The molecular weight excluding hydrogens is 254 g/mol. The lowest BCUT2D eigenvalue weighted by Gasteiger charge is -2.18. The van der Waals surface area contributed by atoms with Gasteiger partial charge in [0.25, 0.3) is 0 Å². The van der Waals surface area contributed by atoms with Crippen molar-refractivity contribution in [3.63, 3.8) is 0 Å². The maximum Gasteiger partial charge on any atom is 0.233 e. The van der Waals surface area contributed by atoms with Crippen LogP contribution in [-0.2, 0) is 4.79 Å². The number of benzene rings is 1. The standard InChI is InChI=1S/C12H16BrNO/c1-3-11(14-12(15)9(2)13)10-7-5-4-6-8-10/h4-9,11H,3H2,1-2H3,(H,14,15)/t9?,11-/m0/s1. The maximum absolute atomic E-state index is 11.5. The van der Waals surface area contributed by atoms with E-state index in [1.54, 1.807) is 0 Å². The van der Waals surface area contributed by atoms with Crippen LogP contribution in [0, 0.1) is 0 Å². The molecule has 0 saturated heterocycles. The largest absolute Gasteiger partial charge is 0.348 e. The molecule has 3 heteroatoms. The topological polar surface area (TPSA) is 29.1 Å². The fourth-order valence-electron chi connectivity index (χ4n) is 1.39. The van der Waals surface area contributed by atoms with Gasteiger partial charge in [-0.05, 0) is 18.9 Å². The third-order valence-corrected chi connectivity index (χ3v) is 2.70. The molecule has 0 aliphatic rings. The van der Waals surface area contributed by atoms with Crippen LogP contribution < -0.4 is 5.32 Å². The van der Waals surface area contributed by atoms with Gasteiger partial charge in [0, 0.05) is 0 Å². The second kappa shape index (κ2) is 5.91. The van der Waals surface area contributed by atoms with Crippen LogP contribution in [0.3, 0.4) is 0 Å². The van der Waals surface area contributed by atoms with Crippen LogP contribution in [0.1, 0.15) is 31.9 Å². The number of amides is 1. The Labute approximate surface area is 99.2 Å². The van der Waals surface area contributed by atoms with Crippen LogP contribution in [0.15, 0.2) is 30.3 Å². The summed E-state index contributed by atoms with van der Waals surface area (Å²) in [4.78, 5) is 11.4. The van der Waals surface area contributed by atoms with E-state index in [1.807, 2.05) is 37.3 Å². The summed E-state index contributed by atoms with van der Waals surface area (Å²) in [6.07, 6.45) is 0.898. The Morgan fingerprint density at radius 1 is 1.40 bits per heavy atom. The first-order valence-electron chi connectivity index (χ1n) is 5.14. The van der Waals surface area contributed by atoms with Gasteiger partial charge in [0.2, 0.25) is 5.91 Å². The second-order valence-electron chi connectivity index (χ2n) is 3.50. The van der Waals surface area contributed by atoms with Crippen LogP contribution in [0.4, 0.5) is 0 Å². The highest BCUT2D eigenvalue weighted by molar-refractivity contribution is 9.10. The lowest BCUT2D eigenvalue weighted by Crippen LogP contribution is -2.32. The van der Waals surface area contributed by atoms with E-state index in [1.165, 1.54) is 0 Å². The number of alkyl halides is 1. The van der Waals surface area contributed by atoms with Gasteiger partial charge in [-0.15, -0.1) is 0 Å². The van der Waals surface area contributed by atoms with Crippen molar-refractivity contribution < 1.29 is 4.79 Å². The first kappa shape index (κ1) is 12.2. The fourth-order valence-corrected chi connectivity index (χ4v) is 1.53. The predicted molar refractivity (Wildman–Crippen MR) is 66.0 cm³/mol. The molecule has 0 aliphatic carbocycles. The smallest absolute Gasteiger partial charge is 0.233 e. The summed E-state index contributed by atoms with van der Waals surface area (Å²) >= 11 is 3.26. The van der Waals surface area contributed by atoms with Gasteiger partial charge in [-0.25, -0.2) is 0 Å². The zero-order chi connectivity index (χ0) is 11.3. The van der Waals surface area contributed by atoms with Crippen molar-refractivity contribution in [3.8, 4) is 0 Å². The first-order chi connectivity index (χ1) is 7.15. The molecule has 82 valence electrons. The number of hydrogen-bond donors (Lipinski definition) is 1. The first-order valence-corrected chi connectivity index (χ1v) is 6.06. The van der Waals surface area contributed by atoms with Gasteiger partial charge in [0.1, 0.15) is 0 Å². The quantitative estimate of drug-likeness (QED) is 0.837. The highest BCUT2D eigenvalue weighted by Crippen LogP contribution is 2.16. The summed E-state index contributed by atoms with van der Waals surface area (Å²) in [6, 6.07) is 10.1. The predicted octanol–water partition coefficient (Wildman–Crippen LogP) is 3.04. The molecule has 0 fully saturated rings. The highest BCUT2D eigenvalue weighted by Gasteiger charge is 2.15. The molecule has 0 aromatic heterocycles. The molecule has 1 rings (SSSR count). The molecule has 0 bridgehead atoms. The fraction of sp³-hybridized carbons (Fsp3) is 0.417. The zero-order valence-electron chi connectivity index (χ0n) is 9.03. The van der Waals surface area contributed by atoms with Crippen molar-refractivity contribution >= 4 is 21.8 Å². The Hall–Kier alpha value is -0.830. The summed E-state index contributed by atoms with van der Waals surface area (Å²) in [7, 11) is 0. The summed E-state index contributed by atoms with van der Waals surface area (Å²) in [5.41, 5.74) is 1.15. The molecule has 1 aromatic carbocycles.